The van der Waals surface area contributed by atoms with E-state index in [1.165, 1.54) is 47.3 Å². The minimum atomic E-state index is -4.88. The Morgan fingerprint density at radius 3 is 2.19 bits per heavy atom. The number of esters is 1. The van der Waals surface area contributed by atoms with Gasteiger partial charge in [0.25, 0.3) is 0 Å². The molecule has 0 amide bonds. The van der Waals surface area contributed by atoms with E-state index in [9.17, 15) is 31.7 Å². The van der Waals surface area contributed by atoms with Gasteiger partial charge >= 0.3 is 47.4 Å². The van der Waals surface area contributed by atoms with Crippen LogP contribution < -0.4 is 49.8 Å². The Labute approximate surface area is 413 Å². The molecule has 2 aliphatic heterocycles. The van der Waals surface area contributed by atoms with Gasteiger partial charge in [0.2, 0.25) is 16.7 Å². The average Bonchev–Trinajstić information content (AvgIpc) is 4.06. The van der Waals surface area contributed by atoms with Crippen LogP contribution in [0, 0.1) is 17.6 Å². The number of anilines is 2. The fourth-order valence-electron chi connectivity index (χ4n) is 8.26. The van der Waals surface area contributed by atoms with Crippen molar-refractivity contribution in [1.82, 2.24) is 29.1 Å². The molecule has 2 saturated heterocycles. The summed E-state index contributed by atoms with van der Waals surface area (Å²) in [5, 5.41) is 8.48. The van der Waals surface area contributed by atoms with Crippen LogP contribution in [0.3, 0.4) is 0 Å². The van der Waals surface area contributed by atoms with Gasteiger partial charge in [-0.15, -0.1) is 0 Å². The summed E-state index contributed by atoms with van der Waals surface area (Å²) in [6.07, 6.45) is 1.37. The van der Waals surface area contributed by atoms with Gasteiger partial charge in [0.05, 0.1) is 38.1 Å². The molecule has 24 heteroatoms. The van der Waals surface area contributed by atoms with Gasteiger partial charge in [-0.1, -0.05) is 13.0 Å². The number of halogens is 2. The minimum Gasteiger partial charge on any atom is -0.726 e. The molecule has 0 radical (unpaired) electrons. The van der Waals surface area contributed by atoms with E-state index in [1.54, 1.807) is 18.5 Å². The van der Waals surface area contributed by atoms with Crippen molar-refractivity contribution in [2.75, 3.05) is 55.8 Å². The van der Waals surface area contributed by atoms with Gasteiger partial charge in [-0.3, -0.25) is 8.98 Å². The summed E-state index contributed by atoms with van der Waals surface area (Å²) in [4.78, 5) is 46.6. The molecule has 5 atom stereocenters. The van der Waals surface area contributed by atoms with Crippen molar-refractivity contribution in [3.05, 3.63) is 113 Å². The van der Waals surface area contributed by atoms with Crippen molar-refractivity contribution in [3.8, 4) is 11.4 Å². The molecule has 1 unspecified atom stereocenters. The normalized spacial score (nSPS) is 18.6. The maximum atomic E-state index is 15.0. The van der Waals surface area contributed by atoms with Crippen molar-refractivity contribution in [1.29, 1.82) is 0 Å². The number of aromatic nitrogens is 6. The van der Waals surface area contributed by atoms with E-state index in [2.05, 4.69) is 29.2 Å². The molecule has 0 saturated carbocycles. The summed E-state index contributed by atoms with van der Waals surface area (Å²) < 4.78 is 96.3. The third-order valence-corrected chi connectivity index (χ3v) is 12.0. The smallest absolute Gasteiger partial charge is 0.726 e. The molecule has 0 aliphatic carbocycles. The number of nitrogens with zero attached hydrogens (tertiary/aromatic N) is 8. The van der Waals surface area contributed by atoms with Crippen molar-refractivity contribution in [2.45, 2.75) is 77.0 Å². The molecule has 2 aromatic heterocycles. The third kappa shape index (κ3) is 13.4. The van der Waals surface area contributed by atoms with Crippen molar-refractivity contribution in [3.63, 3.8) is 0 Å². The molecule has 7 rings (SSSR count). The summed E-state index contributed by atoms with van der Waals surface area (Å²) in [5.74, 6) is -1.52. The summed E-state index contributed by atoms with van der Waals surface area (Å²) in [6, 6.07) is 18.3. The third-order valence-electron chi connectivity index (χ3n) is 11.5. The Morgan fingerprint density at radius 2 is 1.57 bits per heavy atom. The zero-order valence-corrected chi connectivity index (χ0v) is 40.8. The van der Waals surface area contributed by atoms with Gasteiger partial charge in [0.15, 0.2) is 0 Å². The molecule has 3 aromatic carbocycles. The number of benzene rings is 3. The van der Waals surface area contributed by atoms with Crippen LogP contribution in [0.1, 0.15) is 58.1 Å². The van der Waals surface area contributed by atoms with E-state index in [4.69, 9.17) is 23.7 Å². The second-order valence-corrected chi connectivity index (χ2v) is 17.2. The van der Waals surface area contributed by atoms with E-state index >= 15 is 4.39 Å². The predicted molar refractivity (Wildman–Crippen MR) is 233 cm³/mol. The number of carbonyl (C=O) groups excluding carboxylic acids is 2. The summed E-state index contributed by atoms with van der Waals surface area (Å²) in [5.41, 5.74) is 1.40. The SMILES string of the molecule is CC[C@@H]([C@H](C)OC(=O)OC(C)OC(=O)CCCOS(=O)(=O)[O-])n1ncn(-c2ccc(N3CCN(c4ccc(OC[C@@H]5CO[C@@](Cn6cncn6)(c6ccc(F)cc6F)C5)cc4)CC3)cc2)c1=O.[Na+]. The van der Waals surface area contributed by atoms with E-state index in [1.807, 2.05) is 48.5 Å². The van der Waals surface area contributed by atoms with Gasteiger partial charge in [0.1, 0.15) is 48.1 Å². The molecule has 360 valence electrons. The first-order valence-corrected chi connectivity index (χ1v) is 23.0. The van der Waals surface area contributed by atoms with Crippen LogP contribution in [-0.4, -0.2) is 113 Å². The average molecular weight is 977 g/mol. The fourth-order valence-corrected chi connectivity index (χ4v) is 8.59. The number of rotatable bonds is 20. The number of hydrogen-bond acceptors (Lipinski definition) is 17. The Bertz CT molecular complexity index is 2620. The summed E-state index contributed by atoms with van der Waals surface area (Å²) >= 11 is 0. The number of hydrogen-bond donors (Lipinski definition) is 0. The number of piperazine rings is 1. The molecular weight excluding hydrogens is 926 g/mol. The largest absolute Gasteiger partial charge is 1.00 e. The van der Waals surface area contributed by atoms with Crippen LogP contribution in [0.4, 0.5) is 25.0 Å². The molecule has 0 bridgehead atoms. The Morgan fingerprint density at radius 1 is 0.912 bits per heavy atom. The van der Waals surface area contributed by atoms with Gasteiger partial charge in [-0.2, -0.15) is 10.2 Å². The van der Waals surface area contributed by atoms with E-state index in [0.29, 0.717) is 37.5 Å². The van der Waals surface area contributed by atoms with Crippen LogP contribution in [0.2, 0.25) is 0 Å². The zero-order valence-electron chi connectivity index (χ0n) is 38.0. The standard InChI is InChI=1S/C44H52F2N8O12S.Na/c1-4-40(30(2)64-43(57)66-31(3)65-41(55)6-5-21-63-67(58,59)60)54-42(56)53(29-49-54)36-10-8-34(9-11-36)50-17-19-51(20-18-50)35-12-14-37(15-13-35)61-24-32-23-44(62-25-32,26-52-28-47-27-48-52)38-16-7-33(45)22-39(38)46;/h7-16,22,27-32,40H,4-6,17-21,23-26H2,1-3H3,(H,58,59,60);/q;+1/p-1/t30-,31?,32+,40-,44-;/m0./s1. The van der Waals surface area contributed by atoms with Crippen molar-refractivity contribution >= 4 is 33.9 Å². The van der Waals surface area contributed by atoms with Crippen molar-refractivity contribution < 1.29 is 88.8 Å². The molecule has 5 aromatic rings. The Kier molecular flexibility index (Phi) is 17.8. The maximum absolute atomic E-state index is 15.0. The van der Waals surface area contributed by atoms with Crippen LogP contribution in [0.15, 0.2) is 90.5 Å². The van der Waals surface area contributed by atoms with Crippen LogP contribution in [-0.2, 0) is 50.5 Å². The quantitative estimate of drug-likeness (QED) is 0.0271. The zero-order chi connectivity index (χ0) is 47.7. The summed E-state index contributed by atoms with van der Waals surface area (Å²) in [6.45, 7) is 8.11. The maximum Gasteiger partial charge on any atom is 1.00 e. The molecular formula is C44H51F2N8NaO12S. The first kappa shape index (κ1) is 52.0. The summed E-state index contributed by atoms with van der Waals surface area (Å²) in [7, 11) is -4.88. The first-order valence-electron chi connectivity index (χ1n) is 21.7. The topological polar surface area (TPSA) is 224 Å². The molecule has 0 N–H and O–H groups in total. The Hall–Kier alpha value is -5.43. The molecule has 2 aliphatic rings. The van der Waals surface area contributed by atoms with E-state index < -0.39 is 70.5 Å². The van der Waals surface area contributed by atoms with E-state index in [0.717, 1.165) is 43.6 Å². The predicted octanol–water partition coefficient (Wildman–Crippen LogP) is 1.88. The number of ether oxygens (including phenoxy) is 5. The van der Waals surface area contributed by atoms with Gasteiger partial charge in [0, 0.05) is 68.4 Å². The second-order valence-electron chi connectivity index (χ2n) is 16.2. The molecule has 2 fully saturated rings. The fraction of sp³-hybridized carbons (Fsp3) is 0.455. The first-order chi connectivity index (χ1) is 32.1. The Balaban J connectivity index is 0.00000761. The monoisotopic (exact) mass is 976 g/mol. The van der Waals surface area contributed by atoms with Crippen LogP contribution in [0.25, 0.3) is 5.69 Å². The van der Waals surface area contributed by atoms with Crippen molar-refractivity contribution in [2.24, 2.45) is 5.92 Å². The molecule has 20 nitrogen and oxygen atoms in total. The minimum absolute atomic E-state index is 0. The van der Waals surface area contributed by atoms with Gasteiger partial charge in [-0.25, -0.2) is 45.7 Å². The van der Waals surface area contributed by atoms with Gasteiger partial charge < -0.3 is 38.0 Å². The second kappa shape index (κ2) is 23.2. The van der Waals surface area contributed by atoms with Crippen LogP contribution in [0.5, 0.6) is 5.75 Å². The van der Waals surface area contributed by atoms with E-state index in [-0.39, 0.29) is 60.4 Å². The van der Waals surface area contributed by atoms with Gasteiger partial charge in [-0.05, 0) is 80.8 Å². The molecule has 68 heavy (non-hydrogen) atoms. The molecule has 0 spiro atoms. The van der Waals surface area contributed by atoms with Crippen LogP contribution >= 0.6 is 0 Å². The molecule has 4 heterocycles. The number of carbonyl (C=O) groups is 2.